The van der Waals surface area contributed by atoms with Gasteiger partial charge in [-0.1, -0.05) is 0 Å². The van der Waals surface area contributed by atoms with E-state index < -0.39 is 0 Å². The Bertz CT molecular complexity index is 633. The minimum Gasteiger partial charge on any atom is -0.379 e. The van der Waals surface area contributed by atoms with Gasteiger partial charge in [-0.3, -0.25) is 0 Å². The van der Waals surface area contributed by atoms with Gasteiger partial charge < -0.3 is 5.32 Å². The van der Waals surface area contributed by atoms with Crippen molar-refractivity contribution in [2.24, 2.45) is 0 Å². The molecule has 2 nitrogen and oxygen atoms in total. The first kappa shape index (κ1) is 12.2. The molecule has 0 fully saturated rings. The molecule has 0 bridgehead atoms. The van der Waals surface area contributed by atoms with Crippen molar-refractivity contribution < 1.29 is 4.39 Å². The second-order valence-corrected chi connectivity index (χ2v) is 5.89. The van der Waals surface area contributed by atoms with Gasteiger partial charge in [0.15, 0.2) is 0 Å². The predicted octanol–water partition coefficient (Wildman–Crippen LogP) is 3.86. The molecule has 4 heteroatoms. The summed E-state index contributed by atoms with van der Waals surface area (Å²) < 4.78 is 13.0. The molecule has 1 N–H and O–H groups in total. The Morgan fingerprint density at radius 1 is 1.32 bits per heavy atom. The van der Waals surface area contributed by atoms with E-state index >= 15 is 0 Å². The summed E-state index contributed by atoms with van der Waals surface area (Å²) in [5.74, 6) is -0.378. The number of hydrogen-bond donors (Lipinski definition) is 1. The number of anilines is 1. The third-order valence-corrected chi connectivity index (χ3v) is 4.59. The van der Waals surface area contributed by atoms with Gasteiger partial charge in [0.05, 0.1) is 11.3 Å². The number of nitriles is 1. The molecule has 0 saturated carbocycles. The van der Waals surface area contributed by atoms with E-state index in [0.29, 0.717) is 17.8 Å². The van der Waals surface area contributed by atoms with E-state index in [9.17, 15) is 4.39 Å². The van der Waals surface area contributed by atoms with Crippen LogP contribution in [0.5, 0.6) is 0 Å². The van der Waals surface area contributed by atoms with Crippen LogP contribution in [0.2, 0.25) is 0 Å². The van der Waals surface area contributed by atoms with Gasteiger partial charge in [-0.05, 0) is 49.1 Å². The number of aryl methyl sites for hydroxylation is 2. The monoisotopic (exact) mass is 272 g/mol. The lowest BCUT2D eigenvalue weighted by Gasteiger charge is -2.06. The molecule has 0 radical (unpaired) electrons. The highest BCUT2D eigenvalue weighted by molar-refractivity contribution is 7.12. The number of hydrogen-bond acceptors (Lipinski definition) is 3. The third kappa shape index (κ3) is 2.47. The number of halogens is 1. The maximum absolute atomic E-state index is 13.0. The van der Waals surface area contributed by atoms with E-state index in [0.717, 1.165) is 0 Å². The first-order valence-electron chi connectivity index (χ1n) is 6.30. The fraction of sp³-hybridized carbons (Fsp3) is 0.267. The predicted molar refractivity (Wildman–Crippen MR) is 74.8 cm³/mol. The van der Waals surface area contributed by atoms with Crippen molar-refractivity contribution in [3.05, 3.63) is 51.0 Å². The van der Waals surface area contributed by atoms with Crippen LogP contribution < -0.4 is 5.32 Å². The zero-order chi connectivity index (χ0) is 13.2. The SMILES string of the molecule is N#Cc1cc(F)ccc1NCc1cc2c(s1)CCC2. The summed E-state index contributed by atoms with van der Waals surface area (Å²) in [4.78, 5) is 2.77. The summed E-state index contributed by atoms with van der Waals surface area (Å²) in [6.45, 7) is 0.692. The van der Waals surface area contributed by atoms with Gasteiger partial charge in [0, 0.05) is 16.3 Å². The smallest absolute Gasteiger partial charge is 0.124 e. The van der Waals surface area contributed by atoms with Crippen molar-refractivity contribution in [1.29, 1.82) is 5.26 Å². The molecule has 0 spiro atoms. The first-order chi connectivity index (χ1) is 9.26. The summed E-state index contributed by atoms with van der Waals surface area (Å²) >= 11 is 1.84. The molecule has 1 aromatic heterocycles. The second-order valence-electron chi connectivity index (χ2n) is 4.67. The Kier molecular flexibility index (Phi) is 3.22. The van der Waals surface area contributed by atoms with Gasteiger partial charge in [0.1, 0.15) is 11.9 Å². The largest absolute Gasteiger partial charge is 0.379 e. The van der Waals surface area contributed by atoms with Crippen molar-refractivity contribution >= 4 is 17.0 Å². The molecule has 1 aliphatic carbocycles. The molecule has 1 heterocycles. The average Bonchev–Trinajstić information content (AvgIpc) is 2.97. The van der Waals surface area contributed by atoms with Gasteiger partial charge in [-0.2, -0.15) is 5.26 Å². The van der Waals surface area contributed by atoms with Gasteiger partial charge in [0.2, 0.25) is 0 Å². The van der Waals surface area contributed by atoms with Crippen LogP contribution in [-0.4, -0.2) is 0 Å². The summed E-state index contributed by atoms with van der Waals surface area (Å²) in [6, 6.07) is 8.51. The van der Waals surface area contributed by atoms with Crippen molar-refractivity contribution in [3.8, 4) is 6.07 Å². The maximum Gasteiger partial charge on any atom is 0.124 e. The van der Waals surface area contributed by atoms with Crippen molar-refractivity contribution in [2.75, 3.05) is 5.32 Å². The van der Waals surface area contributed by atoms with Gasteiger partial charge >= 0.3 is 0 Å². The average molecular weight is 272 g/mol. The highest BCUT2D eigenvalue weighted by Crippen LogP contribution is 2.31. The quantitative estimate of drug-likeness (QED) is 0.921. The Morgan fingerprint density at radius 2 is 2.21 bits per heavy atom. The standard InChI is InChI=1S/C15H13FN2S/c16-12-4-5-14(11(6-12)8-17)18-9-13-7-10-2-1-3-15(10)19-13/h4-7,18H,1-3,9H2. The van der Waals surface area contributed by atoms with Gasteiger partial charge in [0.25, 0.3) is 0 Å². The Balaban J connectivity index is 1.74. The molecule has 96 valence electrons. The van der Waals surface area contributed by atoms with E-state index in [1.165, 1.54) is 46.7 Å². The summed E-state index contributed by atoms with van der Waals surface area (Å²) in [7, 11) is 0. The molecule has 0 saturated heterocycles. The molecule has 1 aliphatic rings. The van der Waals surface area contributed by atoms with Crippen LogP contribution in [0.1, 0.15) is 27.3 Å². The fourth-order valence-electron chi connectivity index (χ4n) is 2.42. The van der Waals surface area contributed by atoms with Crippen molar-refractivity contribution in [1.82, 2.24) is 0 Å². The highest BCUT2D eigenvalue weighted by atomic mass is 32.1. The molecule has 2 aromatic rings. The Labute approximate surface area is 115 Å². The Morgan fingerprint density at radius 3 is 3.00 bits per heavy atom. The number of rotatable bonds is 3. The third-order valence-electron chi connectivity index (χ3n) is 3.35. The lowest BCUT2D eigenvalue weighted by atomic mass is 10.2. The Hall–Kier alpha value is -1.86. The molecular weight excluding hydrogens is 259 g/mol. The lowest BCUT2D eigenvalue weighted by molar-refractivity contribution is 0.627. The molecule has 19 heavy (non-hydrogen) atoms. The van der Waals surface area contributed by atoms with E-state index in [-0.39, 0.29) is 5.82 Å². The zero-order valence-electron chi connectivity index (χ0n) is 10.4. The topological polar surface area (TPSA) is 35.8 Å². The van der Waals surface area contributed by atoms with Gasteiger partial charge in [-0.25, -0.2) is 4.39 Å². The van der Waals surface area contributed by atoms with E-state index in [1.807, 2.05) is 17.4 Å². The second kappa shape index (κ2) is 5.02. The minimum absolute atomic E-state index is 0.351. The lowest BCUT2D eigenvalue weighted by Crippen LogP contribution is -2.00. The summed E-state index contributed by atoms with van der Waals surface area (Å²) in [5.41, 5.74) is 2.52. The number of thiophene rings is 1. The number of fused-ring (bicyclic) bond motifs is 1. The van der Waals surface area contributed by atoms with Crippen molar-refractivity contribution in [3.63, 3.8) is 0 Å². The summed E-state index contributed by atoms with van der Waals surface area (Å²) in [5, 5.41) is 12.2. The zero-order valence-corrected chi connectivity index (χ0v) is 11.2. The normalized spacial score (nSPS) is 13.1. The minimum atomic E-state index is -0.378. The number of nitrogens with zero attached hydrogens (tertiary/aromatic N) is 1. The van der Waals surface area contributed by atoms with Crippen molar-refractivity contribution in [2.45, 2.75) is 25.8 Å². The van der Waals surface area contributed by atoms with Gasteiger partial charge in [-0.15, -0.1) is 11.3 Å². The number of benzene rings is 1. The van der Waals surface area contributed by atoms with Crippen LogP contribution in [0.3, 0.4) is 0 Å². The molecule has 1 aromatic carbocycles. The molecule has 0 atom stereocenters. The molecule has 0 unspecified atom stereocenters. The molecule has 3 rings (SSSR count). The maximum atomic E-state index is 13.0. The van der Waals surface area contributed by atoms with Crippen LogP contribution in [0.4, 0.5) is 10.1 Å². The van der Waals surface area contributed by atoms with Crippen LogP contribution in [0.15, 0.2) is 24.3 Å². The van der Waals surface area contributed by atoms with E-state index in [2.05, 4.69) is 11.4 Å². The van der Waals surface area contributed by atoms with E-state index in [4.69, 9.17) is 5.26 Å². The fourth-order valence-corrected chi connectivity index (χ4v) is 3.62. The van der Waals surface area contributed by atoms with Crippen LogP contribution in [0.25, 0.3) is 0 Å². The van der Waals surface area contributed by atoms with Crippen LogP contribution in [-0.2, 0) is 19.4 Å². The number of nitrogens with one attached hydrogen (secondary N) is 1. The molecular formula is C15H13FN2S. The summed E-state index contributed by atoms with van der Waals surface area (Å²) in [6.07, 6.45) is 3.65. The van der Waals surface area contributed by atoms with E-state index in [1.54, 1.807) is 6.07 Å². The first-order valence-corrected chi connectivity index (χ1v) is 7.12. The highest BCUT2D eigenvalue weighted by Gasteiger charge is 2.14. The molecule has 0 aliphatic heterocycles. The van der Waals surface area contributed by atoms with Crippen LogP contribution in [0, 0.1) is 17.1 Å². The van der Waals surface area contributed by atoms with Crippen LogP contribution >= 0.6 is 11.3 Å². The molecule has 0 amide bonds.